The van der Waals surface area contributed by atoms with Crippen molar-refractivity contribution in [3.63, 3.8) is 0 Å². The minimum Gasteiger partial charge on any atom is -0.240 e. The van der Waals surface area contributed by atoms with E-state index in [4.69, 9.17) is 0 Å². The van der Waals surface area contributed by atoms with Crippen LogP contribution in [0.1, 0.15) is 45.0 Å². The van der Waals surface area contributed by atoms with E-state index in [1.807, 2.05) is 24.3 Å². The maximum atomic E-state index is 9.99. The van der Waals surface area contributed by atoms with E-state index in [0.717, 1.165) is 0 Å². The number of nitriles is 8. The molecule has 12 heteroatoms. The van der Waals surface area contributed by atoms with Crippen molar-refractivity contribution >= 4 is 5.57 Å². The molecule has 1 aliphatic carbocycles. The molecule has 0 saturated carbocycles. The number of hydrogen-bond donors (Lipinski definition) is 0. The van der Waals surface area contributed by atoms with E-state index in [0.29, 0.717) is 22.3 Å². The molecular formula is C30H6N12. The lowest BCUT2D eigenvalue weighted by Crippen LogP contribution is -1.98. The first kappa shape index (κ1) is 25.9. The number of allylic oxidation sites excluding steroid dienone is 1. The molecule has 0 radical (unpaired) electrons. The number of hydrogen-bond acceptors (Lipinski definition) is 12. The first-order valence-corrected chi connectivity index (χ1v) is 11.5. The van der Waals surface area contributed by atoms with Gasteiger partial charge in [0.2, 0.25) is 0 Å². The Balaban J connectivity index is 1.87. The lowest BCUT2D eigenvalue weighted by atomic mass is 9.94. The van der Waals surface area contributed by atoms with Crippen LogP contribution >= 0.6 is 0 Å². The third kappa shape index (κ3) is 3.87. The monoisotopic (exact) mass is 534 g/mol. The average Bonchev–Trinajstić information content (AvgIpc) is 3.35. The van der Waals surface area contributed by atoms with E-state index in [2.05, 4.69) is 32.1 Å². The molecule has 0 unspecified atom stereocenters. The second-order valence-electron chi connectivity index (χ2n) is 8.44. The zero-order chi connectivity index (χ0) is 30.0. The third-order valence-electron chi connectivity index (χ3n) is 6.38. The Hall–Kier alpha value is -7.74. The summed E-state index contributed by atoms with van der Waals surface area (Å²) in [6.45, 7) is 0. The van der Waals surface area contributed by atoms with Crippen LogP contribution in [-0.2, 0) is 0 Å². The van der Waals surface area contributed by atoms with Crippen molar-refractivity contribution < 1.29 is 0 Å². The Labute approximate surface area is 237 Å². The first-order chi connectivity index (χ1) is 20.5. The van der Waals surface area contributed by atoms with Gasteiger partial charge in [0.05, 0.1) is 47.0 Å². The molecule has 12 nitrogen and oxygen atoms in total. The Bertz CT molecular complexity index is 2130. The lowest BCUT2D eigenvalue weighted by Gasteiger charge is -2.10. The maximum Gasteiger partial charge on any atom is 0.177 e. The van der Waals surface area contributed by atoms with Crippen LogP contribution in [0.15, 0.2) is 42.2 Å². The SMILES string of the molecule is N#CC(C#N)=C1c2cc(C#N)c(-c3cnc(C#N)c(C#N)n3)cc2-c2cc(-c3cnc(C#N)c(C#N)n3)c(C#N)cc21. The van der Waals surface area contributed by atoms with Gasteiger partial charge in [0.15, 0.2) is 22.8 Å². The summed E-state index contributed by atoms with van der Waals surface area (Å²) < 4.78 is 0. The Morgan fingerprint density at radius 2 is 0.857 bits per heavy atom. The summed E-state index contributed by atoms with van der Waals surface area (Å²) in [4.78, 5) is 16.4. The largest absolute Gasteiger partial charge is 0.240 e. The van der Waals surface area contributed by atoms with Gasteiger partial charge in [-0.3, -0.25) is 0 Å². The topological polar surface area (TPSA) is 242 Å². The summed E-state index contributed by atoms with van der Waals surface area (Å²) in [5, 5.41) is 76.8. The van der Waals surface area contributed by atoms with Gasteiger partial charge < -0.3 is 0 Å². The first-order valence-electron chi connectivity index (χ1n) is 11.5. The molecule has 4 aromatic rings. The van der Waals surface area contributed by atoms with E-state index >= 15 is 0 Å². The van der Waals surface area contributed by atoms with Crippen LogP contribution in [-0.4, -0.2) is 19.9 Å². The normalized spacial score (nSPS) is 10.1. The summed E-state index contributed by atoms with van der Waals surface area (Å²) in [5.41, 5.74) is 1.79. The van der Waals surface area contributed by atoms with Gasteiger partial charge in [0.1, 0.15) is 42.0 Å². The molecule has 2 heterocycles. The molecule has 0 amide bonds. The van der Waals surface area contributed by atoms with Crippen molar-refractivity contribution in [2.75, 3.05) is 0 Å². The molecule has 0 fully saturated rings. The number of fused-ring (bicyclic) bond motifs is 3. The summed E-state index contributed by atoms with van der Waals surface area (Å²) in [6.07, 6.45) is 2.51. The van der Waals surface area contributed by atoms with E-state index in [-0.39, 0.29) is 67.6 Å². The van der Waals surface area contributed by atoms with Crippen molar-refractivity contribution in [3.05, 3.63) is 87.3 Å². The molecule has 0 N–H and O–H groups in total. The summed E-state index contributed by atoms with van der Waals surface area (Å²) in [6, 6.07) is 21.2. The van der Waals surface area contributed by atoms with Gasteiger partial charge >= 0.3 is 0 Å². The third-order valence-corrected chi connectivity index (χ3v) is 6.38. The molecule has 1 aliphatic rings. The molecule has 186 valence electrons. The molecule has 0 saturated heterocycles. The van der Waals surface area contributed by atoms with Gasteiger partial charge in [0, 0.05) is 16.7 Å². The quantitative estimate of drug-likeness (QED) is 0.294. The highest BCUT2D eigenvalue weighted by Crippen LogP contribution is 2.49. The highest BCUT2D eigenvalue weighted by atomic mass is 14.8. The van der Waals surface area contributed by atoms with Crippen LogP contribution in [0.3, 0.4) is 0 Å². The minimum atomic E-state index is -0.252. The van der Waals surface area contributed by atoms with E-state index in [1.165, 1.54) is 24.5 Å². The summed E-state index contributed by atoms with van der Waals surface area (Å²) >= 11 is 0. The Kier molecular flexibility index (Phi) is 6.29. The van der Waals surface area contributed by atoms with Gasteiger partial charge in [-0.05, 0) is 46.5 Å². The van der Waals surface area contributed by atoms with Gasteiger partial charge in [-0.25, -0.2) is 19.9 Å². The minimum absolute atomic E-state index is 0.0922. The zero-order valence-corrected chi connectivity index (χ0v) is 20.8. The fraction of sp³-hybridized carbons (Fsp3) is 0. The number of rotatable bonds is 2. The van der Waals surface area contributed by atoms with Crippen molar-refractivity contribution in [1.82, 2.24) is 19.9 Å². The summed E-state index contributed by atoms with van der Waals surface area (Å²) in [7, 11) is 0. The van der Waals surface area contributed by atoms with Crippen molar-refractivity contribution in [2.45, 2.75) is 0 Å². The molecule has 0 bridgehead atoms. The standard InChI is InChI=1S/C30H6N12/c31-5-15-1-22-20(3-18(15)28-13-39-24(9-35)26(11-37)41-28)21-4-19(29-14-40-25(10-36)27(12-38)42-29)16(6-32)2-23(21)30(22)17(7-33)8-34/h1-4,13-14H. The van der Waals surface area contributed by atoms with Crippen LogP contribution in [0, 0.1) is 90.6 Å². The van der Waals surface area contributed by atoms with Crippen molar-refractivity contribution in [1.29, 1.82) is 42.1 Å². The van der Waals surface area contributed by atoms with E-state index in [1.54, 1.807) is 24.3 Å². The second kappa shape index (κ2) is 10.2. The zero-order valence-electron chi connectivity index (χ0n) is 20.8. The molecule has 0 spiro atoms. The molecule has 5 rings (SSSR count). The Morgan fingerprint density at radius 1 is 0.452 bits per heavy atom. The van der Waals surface area contributed by atoms with Crippen molar-refractivity contribution in [2.24, 2.45) is 0 Å². The van der Waals surface area contributed by atoms with Gasteiger partial charge in [-0.15, -0.1) is 0 Å². The van der Waals surface area contributed by atoms with Gasteiger partial charge in [-0.2, -0.15) is 42.1 Å². The summed E-state index contributed by atoms with van der Waals surface area (Å²) in [5.74, 6) is 0. The van der Waals surface area contributed by atoms with Crippen LogP contribution < -0.4 is 0 Å². The van der Waals surface area contributed by atoms with Gasteiger partial charge in [0.25, 0.3) is 0 Å². The van der Waals surface area contributed by atoms with Gasteiger partial charge in [-0.1, -0.05) is 0 Å². The average molecular weight is 534 g/mol. The number of benzene rings is 2. The maximum absolute atomic E-state index is 9.99. The molecule has 42 heavy (non-hydrogen) atoms. The smallest absolute Gasteiger partial charge is 0.177 e. The molecular weight excluding hydrogens is 528 g/mol. The van der Waals surface area contributed by atoms with Crippen molar-refractivity contribution in [3.8, 4) is 82.2 Å². The fourth-order valence-corrected chi connectivity index (χ4v) is 4.58. The highest BCUT2D eigenvalue weighted by Gasteiger charge is 2.31. The number of aromatic nitrogens is 4. The van der Waals surface area contributed by atoms with Crippen LogP contribution in [0.5, 0.6) is 0 Å². The van der Waals surface area contributed by atoms with Crippen LogP contribution in [0.25, 0.3) is 39.2 Å². The van der Waals surface area contributed by atoms with Crippen LogP contribution in [0.4, 0.5) is 0 Å². The predicted octanol–water partition coefficient (Wildman–Crippen LogP) is 3.66. The Morgan fingerprint density at radius 3 is 1.19 bits per heavy atom. The molecule has 2 aromatic carbocycles. The second-order valence-corrected chi connectivity index (χ2v) is 8.44. The highest BCUT2D eigenvalue weighted by molar-refractivity contribution is 6.06. The molecule has 0 aliphatic heterocycles. The van der Waals surface area contributed by atoms with E-state index < -0.39 is 0 Å². The fourth-order valence-electron chi connectivity index (χ4n) is 4.58. The van der Waals surface area contributed by atoms with E-state index in [9.17, 15) is 42.1 Å². The number of nitrogens with zero attached hydrogens (tertiary/aromatic N) is 12. The lowest BCUT2D eigenvalue weighted by molar-refractivity contribution is 1.13. The molecule has 0 atom stereocenters. The predicted molar refractivity (Wildman–Crippen MR) is 139 cm³/mol. The van der Waals surface area contributed by atoms with Crippen LogP contribution in [0.2, 0.25) is 0 Å². The molecule has 2 aromatic heterocycles.